The number of nitrogens with one attached hydrogen (secondary N) is 3. The topological polar surface area (TPSA) is 162 Å². The lowest BCUT2D eigenvalue weighted by Gasteiger charge is -2.43. The Kier molecular flexibility index (Phi) is 12.5. The largest absolute Gasteiger partial charge is 0.506 e. The van der Waals surface area contributed by atoms with E-state index in [9.17, 15) is 24.6 Å². The number of aromatic hydroxyl groups is 1. The number of benzene rings is 5. The maximum atomic E-state index is 13.3. The molecule has 0 radical (unpaired) electrons. The van der Waals surface area contributed by atoms with Crippen LogP contribution in [0.15, 0.2) is 132 Å². The molecule has 3 aliphatic rings. The number of H-pyrrole nitrogens is 1. The Balaban J connectivity index is 0.839. The molecule has 0 spiro atoms. The van der Waals surface area contributed by atoms with E-state index < -0.39 is 24.2 Å². The van der Waals surface area contributed by atoms with Crippen LogP contribution in [0.5, 0.6) is 11.5 Å². The highest BCUT2D eigenvalue weighted by molar-refractivity contribution is 5.89. The van der Waals surface area contributed by atoms with Crippen LogP contribution in [0.4, 0.5) is 4.79 Å². The zero-order valence-corrected chi connectivity index (χ0v) is 33.1. The first kappa shape index (κ1) is 40.3. The molecule has 2 unspecified atom stereocenters. The van der Waals surface area contributed by atoms with Gasteiger partial charge in [0.15, 0.2) is 0 Å². The van der Waals surface area contributed by atoms with Crippen molar-refractivity contribution in [3.63, 3.8) is 0 Å². The predicted molar refractivity (Wildman–Crippen MR) is 227 cm³/mol. The molecule has 3 atom stereocenters. The van der Waals surface area contributed by atoms with Crippen molar-refractivity contribution in [2.75, 3.05) is 26.2 Å². The highest BCUT2D eigenvalue weighted by Crippen LogP contribution is 2.32. The van der Waals surface area contributed by atoms with E-state index in [1.807, 2.05) is 84.9 Å². The number of carbonyl (C=O) groups excluding carboxylic acids is 2. The van der Waals surface area contributed by atoms with Gasteiger partial charge in [0.25, 0.3) is 0 Å². The lowest BCUT2D eigenvalue weighted by atomic mass is 9.86. The summed E-state index contributed by atoms with van der Waals surface area (Å²) in [5, 5.41) is 28.0. The molecule has 2 bridgehead atoms. The number of nitrogens with zero attached hydrogens (tertiary/aromatic N) is 1. The zero-order chi connectivity index (χ0) is 41.4. The third-order valence-electron chi connectivity index (χ3n) is 11.3. The molecular weight excluding hydrogens is 761 g/mol. The van der Waals surface area contributed by atoms with Crippen LogP contribution in [0.3, 0.4) is 0 Å². The molecule has 6 aromatic rings. The maximum Gasteiger partial charge on any atom is 0.408 e. The van der Waals surface area contributed by atoms with Crippen molar-refractivity contribution in [2.45, 2.75) is 50.8 Å². The number of rotatable bonds is 15. The van der Waals surface area contributed by atoms with Gasteiger partial charge in [-0.1, -0.05) is 84.9 Å². The number of hydrogen-bond acceptors (Lipinski definition) is 10. The Morgan fingerprint density at radius 2 is 1.55 bits per heavy atom. The van der Waals surface area contributed by atoms with Crippen molar-refractivity contribution < 1.29 is 34.0 Å². The van der Waals surface area contributed by atoms with Gasteiger partial charge >= 0.3 is 12.1 Å². The first-order chi connectivity index (χ1) is 29.3. The fourth-order valence-electron chi connectivity index (χ4n) is 8.15. The highest BCUT2D eigenvalue weighted by atomic mass is 16.6. The maximum absolute atomic E-state index is 13.3. The number of amides is 1. The lowest BCUT2D eigenvalue weighted by Crippen LogP contribution is -2.52. The van der Waals surface area contributed by atoms with Crippen LogP contribution < -0.4 is 20.9 Å². The van der Waals surface area contributed by atoms with Gasteiger partial charge in [-0.15, -0.1) is 0 Å². The summed E-state index contributed by atoms with van der Waals surface area (Å²) in [6.07, 6.45) is 0.693. The van der Waals surface area contributed by atoms with E-state index in [4.69, 9.17) is 14.2 Å². The van der Waals surface area contributed by atoms with Gasteiger partial charge in [-0.3, -0.25) is 9.69 Å². The molecule has 5 N–H and O–H groups in total. The number of aromatic nitrogens is 1. The summed E-state index contributed by atoms with van der Waals surface area (Å²) in [5.74, 6) is 0.496. The van der Waals surface area contributed by atoms with E-state index in [2.05, 4.69) is 20.5 Å². The van der Waals surface area contributed by atoms with Crippen molar-refractivity contribution in [1.29, 1.82) is 0 Å². The summed E-state index contributed by atoms with van der Waals surface area (Å²) in [7, 11) is 0. The molecule has 4 heterocycles. The third kappa shape index (κ3) is 9.86. The van der Waals surface area contributed by atoms with Gasteiger partial charge in [-0.05, 0) is 102 Å². The number of esters is 1. The van der Waals surface area contributed by atoms with Gasteiger partial charge in [0.05, 0.1) is 23.2 Å². The summed E-state index contributed by atoms with van der Waals surface area (Å²) in [6.45, 7) is 3.89. The Bertz CT molecular complexity index is 2500. The Morgan fingerprint density at radius 3 is 2.35 bits per heavy atom. The molecule has 9 rings (SSSR count). The van der Waals surface area contributed by atoms with Gasteiger partial charge in [-0.25, -0.2) is 9.59 Å². The van der Waals surface area contributed by atoms with Crippen molar-refractivity contribution in [3.8, 4) is 11.5 Å². The first-order valence-electron chi connectivity index (χ1n) is 20.3. The van der Waals surface area contributed by atoms with Crippen molar-refractivity contribution in [2.24, 2.45) is 5.92 Å². The van der Waals surface area contributed by atoms with E-state index in [0.29, 0.717) is 34.7 Å². The summed E-state index contributed by atoms with van der Waals surface area (Å²) < 4.78 is 17.9. The average Bonchev–Trinajstić information content (AvgIpc) is 3.28. The Hall–Kier alpha value is -6.47. The van der Waals surface area contributed by atoms with Gasteiger partial charge in [0.1, 0.15) is 30.8 Å². The van der Waals surface area contributed by atoms with Gasteiger partial charge in [0, 0.05) is 31.1 Å². The van der Waals surface area contributed by atoms with Crippen LogP contribution in [-0.4, -0.2) is 64.4 Å². The monoisotopic (exact) mass is 808 g/mol. The average molecular weight is 809 g/mol. The van der Waals surface area contributed by atoms with E-state index >= 15 is 0 Å². The number of phenolic OH excluding ortho intramolecular Hbond substituents is 1. The van der Waals surface area contributed by atoms with Crippen LogP contribution in [0.2, 0.25) is 0 Å². The van der Waals surface area contributed by atoms with Gasteiger partial charge < -0.3 is 40.0 Å². The molecule has 308 valence electrons. The lowest BCUT2D eigenvalue weighted by molar-refractivity contribution is -0.0336. The van der Waals surface area contributed by atoms with Gasteiger partial charge in [-0.2, -0.15) is 0 Å². The van der Waals surface area contributed by atoms with E-state index in [0.717, 1.165) is 60.3 Å². The van der Waals surface area contributed by atoms with Crippen molar-refractivity contribution >= 4 is 23.0 Å². The molecule has 3 fully saturated rings. The molecule has 3 saturated heterocycles. The second-order valence-corrected chi connectivity index (χ2v) is 15.5. The SMILES string of the molecule is O=C(N[C@@H](c1ccccc1)c1cccc(OCc2cccc(C(=O)OCc3cccc(CNCC(O)c4ccc(O)c5[nH]c(=O)ccc45)c3)c2)c1)OC1CN2CCC1CC2. The fourth-order valence-corrected chi connectivity index (χ4v) is 8.15. The summed E-state index contributed by atoms with van der Waals surface area (Å²) >= 11 is 0. The highest BCUT2D eigenvalue weighted by Gasteiger charge is 2.37. The van der Waals surface area contributed by atoms with Crippen molar-refractivity contribution in [1.82, 2.24) is 20.5 Å². The number of fused-ring (bicyclic) bond motifs is 4. The molecule has 12 heteroatoms. The molecule has 60 heavy (non-hydrogen) atoms. The quantitative estimate of drug-likeness (QED) is 0.0690. The van der Waals surface area contributed by atoms with Crippen LogP contribution in [0.25, 0.3) is 10.9 Å². The number of piperidine rings is 3. The number of carbonyl (C=O) groups is 2. The first-order valence-corrected chi connectivity index (χ1v) is 20.3. The number of ether oxygens (including phenoxy) is 3. The van der Waals surface area contributed by atoms with Crippen molar-refractivity contribution in [3.05, 3.63) is 177 Å². The normalized spacial score (nSPS) is 18.1. The Morgan fingerprint density at radius 1 is 0.800 bits per heavy atom. The molecule has 0 aliphatic carbocycles. The van der Waals surface area contributed by atoms with E-state index in [1.54, 1.807) is 30.3 Å². The second-order valence-electron chi connectivity index (χ2n) is 15.5. The number of aromatic amines is 1. The Labute approximate surface area is 347 Å². The second kappa shape index (κ2) is 18.6. The fraction of sp³-hybridized carbons (Fsp3) is 0.271. The van der Waals surface area contributed by atoms with Gasteiger partial charge in [0.2, 0.25) is 5.56 Å². The van der Waals surface area contributed by atoms with Crippen LogP contribution in [0, 0.1) is 5.92 Å². The summed E-state index contributed by atoms with van der Waals surface area (Å²) in [6, 6.07) is 37.8. The molecular formula is C48H48N4O8. The summed E-state index contributed by atoms with van der Waals surface area (Å²) in [5.41, 5.74) is 5.24. The minimum atomic E-state index is -0.888. The minimum absolute atomic E-state index is 0.0637. The number of pyridine rings is 1. The number of alkyl carbamates (subject to hydrolysis) is 1. The minimum Gasteiger partial charge on any atom is -0.506 e. The van der Waals surface area contributed by atoms with Crippen LogP contribution in [0.1, 0.15) is 68.7 Å². The molecule has 5 aromatic carbocycles. The molecule has 1 aromatic heterocycles. The molecule has 1 amide bonds. The smallest absolute Gasteiger partial charge is 0.408 e. The number of phenols is 1. The summed E-state index contributed by atoms with van der Waals surface area (Å²) in [4.78, 5) is 43.2. The predicted octanol–water partition coefficient (Wildman–Crippen LogP) is 6.90. The molecule has 12 nitrogen and oxygen atoms in total. The number of hydrogen-bond donors (Lipinski definition) is 5. The van der Waals surface area contributed by atoms with Crippen LogP contribution in [-0.2, 0) is 29.2 Å². The molecule has 3 aliphatic heterocycles. The van der Waals surface area contributed by atoms with E-state index in [-0.39, 0.29) is 42.7 Å². The third-order valence-corrected chi connectivity index (χ3v) is 11.3. The standard InChI is InChI=1S/C48H48N4O8/c53-41-17-15-39(40-16-18-44(55)50-46(40)41)42(54)27-49-26-31-7-4-8-32(23-31)30-59-47(56)37-13-5-9-33(24-37)29-58-38-14-6-12-36(25-38)45(35-10-2-1-3-11-35)51-48(57)60-43-28-52-21-19-34(43)20-22-52/h1-18,23-25,34,42-43,45,49,53-54H,19-22,26-30H2,(H,50,55)(H,51,57)/t42?,43?,45-/m0/s1. The van der Waals surface area contributed by atoms with E-state index in [1.165, 1.54) is 12.1 Å². The van der Waals surface area contributed by atoms with Crippen LogP contribution >= 0.6 is 0 Å². The zero-order valence-electron chi connectivity index (χ0n) is 33.1. The molecule has 0 saturated carbocycles. The number of aliphatic hydroxyl groups is 1. The number of aliphatic hydroxyl groups excluding tert-OH is 1.